The number of fused-ring (bicyclic) bond motifs is 1. The van der Waals surface area contributed by atoms with Crippen molar-refractivity contribution in [1.29, 1.82) is 0 Å². The SMILES string of the molecule is OC1CN(Cc2cnc3cc(Oc4ccc(C5CCNN5)cn4)ccc3c2)C1. The molecule has 0 aliphatic carbocycles. The molecule has 0 bridgehead atoms. The van der Waals surface area contributed by atoms with E-state index in [-0.39, 0.29) is 6.10 Å². The van der Waals surface area contributed by atoms with Crippen LogP contribution in [0.4, 0.5) is 0 Å². The lowest BCUT2D eigenvalue weighted by Gasteiger charge is -2.35. The summed E-state index contributed by atoms with van der Waals surface area (Å²) in [6.07, 6.45) is 4.63. The second-order valence-corrected chi connectivity index (χ2v) is 7.49. The van der Waals surface area contributed by atoms with Crippen LogP contribution < -0.4 is 15.6 Å². The normalized spacial score (nSPS) is 20.4. The Morgan fingerprint density at radius 3 is 2.79 bits per heavy atom. The maximum absolute atomic E-state index is 9.41. The molecule has 3 N–H and O–H groups in total. The third kappa shape index (κ3) is 3.70. The van der Waals surface area contributed by atoms with Crippen molar-refractivity contribution in [3.8, 4) is 11.6 Å². The van der Waals surface area contributed by atoms with Gasteiger partial charge in [0.2, 0.25) is 5.88 Å². The summed E-state index contributed by atoms with van der Waals surface area (Å²) in [4.78, 5) is 11.2. The fourth-order valence-corrected chi connectivity index (χ4v) is 3.74. The number of likely N-dealkylation sites (tertiary alicyclic amines) is 1. The van der Waals surface area contributed by atoms with Gasteiger partial charge in [0.15, 0.2) is 0 Å². The van der Waals surface area contributed by atoms with Crippen molar-refractivity contribution in [1.82, 2.24) is 25.7 Å². The smallest absolute Gasteiger partial charge is 0.219 e. The van der Waals surface area contributed by atoms with Crippen molar-refractivity contribution >= 4 is 10.9 Å². The molecule has 0 saturated carbocycles. The molecule has 2 fully saturated rings. The molecule has 1 atom stereocenters. The van der Waals surface area contributed by atoms with Gasteiger partial charge < -0.3 is 9.84 Å². The number of hydrogen-bond donors (Lipinski definition) is 3. The van der Waals surface area contributed by atoms with Crippen LogP contribution in [0.5, 0.6) is 11.6 Å². The Morgan fingerprint density at radius 1 is 1.11 bits per heavy atom. The Bertz CT molecular complexity index is 966. The molecule has 2 saturated heterocycles. The zero-order valence-corrected chi connectivity index (χ0v) is 15.5. The van der Waals surface area contributed by atoms with Crippen LogP contribution in [0.15, 0.2) is 48.8 Å². The van der Waals surface area contributed by atoms with Gasteiger partial charge in [-0.1, -0.05) is 6.07 Å². The number of nitrogens with zero attached hydrogens (tertiary/aromatic N) is 3. The van der Waals surface area contributed by atoms with E-state index in [1.54, 1.807) is 0 Å². The van der Waals surface area contributed by atoms with E-state index in [0.717, 1.165) is 60.4 Å². The molecule has 7 nitrogen and oxygen atoms in total. The van der Waals surface area contributed by atoms with Gasteiger partial charge in [-0.05, 0) is 35.7 Å². The van der Waals surface area contributed by atoms with E-state index in [0.29, 0.717) is 11.9 Å². The van der Waals surface area contributed by atoms with Crippen LogP contribution in [-0.2, 0) is 6.54 Å². The van der Waals surface area contributed by atoms with Crippen LogP contribution in [0, 0.1) is 0 Å². The molecule has 28 heavy (non-hydrogen) atoms. The van der Waals surface area contributed by atoms with E-state index in [4.69, 9.17) is 4.74 Å². The third-order valence-electron chi connectivity index (χ3n) is 5.27. The number of ether oxygens (including phenoxy) is 1. The Balaban J connectivity index is 1.28. The second kappa shape index (κ2) is 7.44. The van der Waals surface area contributed by atoms with E-state index in [2.05, 4.69) is 31.8 Å². The lowest BCUT2D eigenvalue weighted by molar-refractivity contribution is -0.00289. The fourth-order valence-electron chi connectivity index (χ4n) is 3.74. The first-order valence-electron chi connectivity index (χ1n) is 9.64. The number of hydrazine groups is 1. The average Bonchev–Trinajstić information content (AvgIpc) is 3.22. The highest BCUT2D eigenvalue weighted by atomic mass is 16.5. The average molecular weight is 377 g/mol. The van der Waals surface area contributed by atoms with E-state index >= 15 is 0 Å². The van der Waals surface area contributed by atoms with Gasteiger partial charge in [-0.25, -0.2) is 4.98 Å². The van der Waals surface area contributed by atoms with Gasteiger partial charge in [0, 0.05) is 62.1 Å². The van der Waals surface area contributed by atoms with Gasteiger partial charge in [0.1, 0.15) is 5.75 Å². The number of hydrogen-bond acceptors (Lipinski definition) is 7. The van der Waals surface area contributed by atoms with Crippen molar-refractivity contribution in [2.24, 2.45) is 0 Å². The van der Waals surface area contributed by atoms with Crippen molar-refractivity contribution in [2.45, 2.75) is 25.1 Å². The molecule has 2 aliphatic rings. The molecule has 3 aromatic rings. The van der Waals surface area contributed by atoms with Crippen LogP contribution >= 0.6 is 0 Å². The summed E-state index contributed by atoms with van der Waals surface area (Å²) in [5.41, 5.74) is 9.57. The second-order valence-electron chi connectivity index (χ2n) is 7.49. The van der Waals surface area contributed by atoms with E-state index in [1.165, 1.54) is 0 Å². The molecular formula is C21H23N5O2. The molecule has 0 radical (unpaired) electrons. The number of benzene rings is 1. The van der Waals surface area contributed by atoms with Gasteiger partial charge in [0.25, 0.3) is 0 Å². The maximum Gasteiger partial charge on any atom is 0.219 e. The predicted octanol–water partition coefficient (Wildman–Crippen LogP) is 2.14. The van der Waals surface area contributed by atoms with Crippen molar-refractivity contribution in [3.63, 3.8) is 0 Å². The molecule has 0 spiro atoms. The zero-order valence-electron chi connectivity index (χ0n) is 15.5. The van der Waals surface area contributed by atoms with Gasteiger partial charge in [-0.15, -0.1) is 0 Å². The number of β-amino-alcohol motifs (C(OH)–C–C–N with tert-alkyl or cyclic N) is 1. The van der Waals surface area contributed by atoms with E-state index in [1.807, 2.05) is 42.7 Å². The summed E-state index contributed by atoms with van der Waals surface area (Å²) in [5, 5.41) is 10.5. The molecule has 144 valence electrons. The number of rotatable bonds is 5. The zero-order chi connectivity index (χ0) is 18.9. The summed E-state index contributed by atoms with van der Waals surface area (Å²) in [6, 6.07) is 12.3. The van der Waals surface area contributed by atoms with Crippen LogP contribution in [-0.4, -0.2) is 45.7 Å². The highest BCUT2D eigenvalue weighted by molar-refractivity contribution is 5.80. The topological polar surface area (TPSA) is 82.5 Å². The Morgan fingerprint density at radius 2 is 2.04 bits per heavy atom. The van der Waals surface area contributed by atoms with Crippen LogP contribution in [0.3, 0.4) is 0 Å². The monoisotopic (exact) mass is 377 g/mol. The number of aromatic nitrogens is 2. The Hall–Kier alpha value is -2.58. The lowest BCUT2D eigenvalue weighted by atomic mass is 10.1. The molecule has 4 heterocycles. The summed E-state index contributed by atoms with van der Waals surface area (Å²) >= 11 is 0. The fraction of sp³-hybridized carbons (Fsp3) is 0.333. The molecule has 5 rings (SSSR count). The first-order chi connectivity index (χ1) is 13.7. The quantitative estimate of drug-likeness (QED) is 0.628. The highest BCUT2D eigenvalue weighted by Crippen LogP contribution is 2.26. The third-order valence-corrected chi connectivity index (χ3v) is 5.27. The molecule has 0 amide bonds. The molecule has 7 heteroatoms. The molecule has 2 aromatic heterocycles. The number of aliphatic hydroxyl groups is 1. The minimum Gasteiger partial charge on any atom is -0.439 e. The predicted molar refractivity (Wildman–Crippen MR) is 106 cm³/mol. The summed E-state index contributed by atoms with van der Waals surface area (Å²) < 4.78 is 5.91. The standard InChI is InChI=1S/C21H23N5O2/c27-17-12-26(13-17)11-14-7-15-1-3-18(8-20(15)22-9-14)28-21-4-2-16(10-23-21)19-5-6-24-25-19/h1-4,7-10,17,19,24-25,27H,5-6,11-13H2. The van der Waals surface area contributed by atoms with Crippen LogP contribution in [0.25, 0.3) is 10.9 Å². The van der Waals surface area contributed by atoms with Gasteiger partial charge in [0.05, 0.1) is 11.6 Å². The van der Waals surface area contributed by atoms with Gasteiger partial charge >= 0.3 is 0 Å². The number of nitrogens with one attached hydrogen (secondary N) is 2. The Kier molecular flexibility index (Phi) is 4.66. The van der Waals surface area contributed by atoms with Crippen molar-refractivity contribution in [2.75, 3.05) is 19.6 Å². The van der Waals surface area contributed by atoms with Crippen molar-refractivity contribution < 1.29 is 9.84 Å². The van der Waals surface area contributed by atoms with E-state index < -0.39 is 0 Å². The first-order valence-corrected chi connectivity index (χ1v) is 9.64. The number of pyridine rings is 2. The summed E-state index contributed by atoms with van der Waals surface area (Å²) in [6.45, 7) is 3.27. The first kappa shape index (κ1) is 17.5. The molecular weight excluding hydrogens is 354 g/mol. The Labute approximate surface area is 163 Å². The number of aliphatic hydroxyl groups excluding tert-OH is 1. The molecule has 2 aliphatic heterocycles. The molecule has 1 unspecified atom stereocenters. The molecule has 1 aromatic carbocycles. The van der Waals surface area contributed by atoms with Crippen LogP contribution in [0.1, 0.15) is 23.6 Å². The largest absolute Gasteiger partial charge is 0.439 e. The lowest BCUT2D eigenvalue weighted by Crippen LogP contribution is -2.49. The van der Waals surface area contributed by atoms with E-state index in [9.17, 15) is 5.11 Å². The van der Waals surface area contributed by atoms with Gasteiger partial charge in [-0.3, -0.25) is 20.7 Å². The summed E-state index contributed by atoms with van der Waals surface area (Å²) in [7, 11) is 0. The minimum absolute atomic E-state index is 0.179. The van der Waals surface area contributed by atoms with Gasteiger partial charge in [-0.2, -0.15) is 0 Å². The van der Waals surface area contributed by atoms with Crippen molar-refractivity contribution in [3.05, 3.63) is 59.9 Å². The maximum atomic E-state index is 9.41. The highest BCUT2D eigenvalue weighted by Gasteiger charge is 2.24. The summed E-state index contributed by atoms with van der Waals surface area (Å²) in [5.74, 6) is 1.29. The minimum atomic E-state index is -0.179. The van der Waals surface area contributed by atoms with Crippen LogP contribution in [0.2, 0.25) is 0 Å².